The Kier molecular flexibility index (Phi) is 6.35. The van der Waals surface area contributed by atoms with Crippen molar-refractivity contribution in [2.24, 2.45) is 11.3 Å². The van der Waals surface area contributed by atoms with E-state index < -0.39 is 6.10 Å². The molecule has 0 aliphatic carbocycles. The summed E-state index contributed by atoms with van der Waals surface area (Å²) in [5, 5.41) is 15.7. The summed E-state index contributed by atoms with van der Waals surface area (Å²) in [5.41, 5.74) is 1.67. The first kappa shape index (κ1) is 18.4. The number of carbonyl (C=O) groups excluding carboxylic acids is 1. The molecule has 1 heterocycles. The highest BCUT2D eigenvalue weighted by atomic mass is 16.3. The van der Waals surface area contributed by atoms with E-state index in [0.29, 0.717) is 0 Å². The predicted molar refractivity (Wildman–Crippen MR) is 88.5 cm³/mol. The topological polar surface area (TPSA) is 74.2 Å². The average Bonchev–Trinajstić information content (AvgIpc) is 2.41. The maximum Gasteiger partial charge on any atom is 0.315 e. The van der Waals surface area contributed by atoms with Crippen molar-refractivity contribution in [2.45, 2.75) is 53.7 Å². The van der Waals surface area contributed by atoms with Gasteiger partial charge in [0.15, 0.2) is 0 Å². The highest BCUT2D eigenvalue weighted by Crippen LogP contribution is 2.22. The number of amides is 2. The minimum atomic E-state index is -0.590. The molecule has 2 atom stereocenters. The van der Waals surface area contributed by atoms with E-state index in [1.165, 1.54) is 0 Å². The summed E-state index contributed by atoms with van der Waals surface area (Å²) in [4.78, 5) is 16.5. The molecule has 5 nitrogen and oxygen atoms in total. The van der Waals surface area contributed by atoms with Gasteiger partial charge in [-0.3, -0.25) is 4.98 Å². The molecule has 124 valence electrons. The molecule has 0 aliphatic rings. The first-order chi connectivity index (χ1) is 10.1. The van der Waals surface area contributed by atoms with E-state index in [0.717, 1.165) is 11.3 Å². The Balaban J connectivity index is 2.69. The first-order valence-corrected chi connectivity index (χ1v) is 7.77. The fourth-order valence-electron chi connectivity index (χ4n) is 2.06. The fraction of sp³-hybridized carbons (Fsp3) is 0.647. The van der Waals surface area contributed by atoms with Gasteiger partial charge in [0.1, 0.15) is 0 Å². The van der Waals surface area contributed by atoms with E-state index in [1.54, 1.807) is 6.20 Å². The number of hydrogen-bond donors (Lipinski definition) is 3. The van der Waals surface area contributed by atoms with Crippen LogP contribution in [0.4, 0.5) is 4.79 Å². The van der Waals surface area contributed by atoms with Crippen molar-refractivity contribution in [1.29, 1.82) is 0 Å². The number of pyridine rings is 1. The van der Waals surface area contributed by atoms with Gasteiger partial charge in [-0.2, -0.15) is 0 Å². The Morgan fingerprint density at radius 2 is 2.00 bits per heavy atom. The Bertz CT molecular complexity index is 495. The molecule has 0 spiro atoms. The Morgan fingerprint density at radius 1 is 1.36 bits per heavy atom. The van der Waals surface area contributed by atoms with Gasteiger partial charge in [-0.05, 0) is 29.9 Å². The fourth-order valence-corrected chi connectivity index (χ4v) is 2.06. The highest BCUT2D eigenvalue weighted by molar-refractivity contribution is 5.74. The molecule has 1 rings (SSSR count). The molecule has 1 aromatic heterocycles. The highest BCUT2D eigenvalue weighted by Gasteiger charge is 2.24. The number of rotatable bonds is 5. The lowest BCUT2D eigenvalue weighted by atomic mass is 9.89. The van der Waals surface area contributed by atoms with Crippen molar-refractivity contribution >= 4 is 6.03 Å². The molecular formula is C17H29N3O2. The summed E-state index contributed by atoms with van der Waals surface area (Å²) in [6.07, 6.45) is 1.15. The molecular weight excluding hydrogens is 278 g/mol. The average molecular weight is 307 g/mol. The van der Waals surface area contributed by atoms with Crippen LogP contribution in [0.25, 0.3) is 0 Å². The van der Waals surface area contributed by atoms with Crippen molar-refractivity contribution in [2.75, 3.05) is 6.54 Å². The molecule has 22 heavy (non-hydrogen) atoms. The van der Waals surface area contributed by atoms with E-state index in [1.807, 2.05) is 53.7 Å². The zero-order valence-electron chi connectivity index (χ0n) is 14.5. The van der Waals surface area contributed by atoms with Crippen LogP contribution in [-0.2, 0) is 0 Å². The van der Waals surface area contributed by atoms with Crippen molar-refractivity contribution in [3.63, 3.8) is 0 Å². The number of urea groups is 1. The van der Waals surface area contributed by atoms with E-state index in [4.69, 9.17) is 0 Å². The zero-order valence-corrected chi connectivity index (χ0v) is 14.5. The molecule has 0 radical (unpaired) electrons. The zero-order chi connectivity index (χ0) is 16.9. The third-order valence-corrected chi connectivity index (χ3v) is 3.75. The molecule has 2 unspecified atom stereocenters. The van der Waals surface area contributed by atoms with E-state index >= 15 is 0 Å². The van der Waals surface area contributed by atoms with Crippen LogP contribution in [0.3, 0.4) is 0 Å². The number of aromatic nitrogens is 1. The standard InChI is InChI=1S/C17H29N3O2/c1-11(2)14(15-12(3)8-7-9-18-15)20-16(22)19-10-13(21)17(4,5)6/h7-9,11,13-14,21H,10H2,1-6H3,(H2,19,20,22). The van der Waals surface area contributed by atoms with Crippen LogP contribution in [0.5, 0.6) is 0 Å². The lowest BCUT2D eigenvalue weighted by molar-refractivity contribution is 0.0648. The smallest absolute Gasteiger partial charge is 0.315 e. The molecule has 0 bridgehead atoms. The number of aliphatic hydroxyl groups excluding tert-OH is 1. The second kappa shape index (κ2) is 7.58. The SMILES string of the molecule is Cc1cccnc1C(NC(=O)NCC(O)C(C)(C)C)C(C)C. The Labute approximate surface area is 133 Å². The predicted octanol–water partition coefficient (Wildman–Crippen LogP) is 2.79. The minimum Gasteiger partial charge on any atom is -0.391 e. The largest absolute Gasteiger partial charge is 0.391 e. The van der Waals surface area contributed by atoms with Gasteiger partial charge in [0.2, 0.25) is 0 Å². The van der Waals surface area contributed by atoms with Gasteiger partial charge in [-0.25, -0.2) is 4.79 Å². The number of aliphatic hydroxyl groups is 1. The van der Waals surface area contributed by atoms with E-state index in [2.05, 4.69) is 15.6 Å². The number of hydrogen-bond acceptors (Lipinski definition) is 3. The van der Waals surface area contributed by atoms with Gasteiger partial charge in [-0.1, -0.05) is 40.7 Å². The van der Waals surface area contributed by atoms with Gasteiger partial charge in [-0.15, -0.1) is 0 Å². The summed E-state index contributed by atoms with van der Waals surface area (Å²) < 4.78 is 0. The van der Waals surface area contributed by atoms with Crippen LogP contribution < -0.4 is 10.6 Å². The van der Waals surface area contributed by atoms with Crippen LogP contribution in [-0.4, -0.2) is 28.8 Å². The van der Waals surface area contributed by atoms with Crippen LogP contribution in [0.1, 0.15) is 51.9 Å². The summed E-state index contributed by atoms with van der Waals surface area (Å²) in [6, 6.07) is 3.43. The Hall–Kier alpha value is -1.62. The summed E-state index contributed by atoms with van der Waals surface area (Å²) in [5.74, 6) is 0.215. The molecule has 2 amide bonds. The molecule has 3 N–H and O–H groups in total. The van der Waals surface area contributed by atoms with E-state index in [9.17, 15) is 9.90 Å². The quantitative estimate of drug-likeness (QED) is 0.783. The minimum absolute atomic E-state index is 0.159. The van der Waals surface area contributed by atoms with Crippen LogP contribution in [0, 0.1) is 18.3 Å². The summed E-state index contributed by atoms with van der Waals surface area (Å²) in [7, 11) is 0. The van der Waals surface area contributed by atoms with Crippen LogP contribution in [0.15, 0.2) is 18.3 Å². The molecule has 0 aliphatic heterocycles. The molecule has 1 aromatic rings. The molecule has 0 aromatic carbocycles. The third-order valence-electron chi connectivity index (χ3n) is 3.75. The second-order valence-corrected chi connectivity index (χ2v) is 7.16. The van der Waals surface area contributed by atoms with Crippen LogP contribution >= 0.6 is 0 Å². The second-order valence-electron chi connectivity index (χ2n) is 7.16. The molecule has 0 saturated heterocycles. The van der Waals surface area contributed by atoms with Gasteiger partial charge in [0.25, 0.3) is 0 Å². The van der Waals surface area contributed by atoms with Crippen molar-refractivity contribution in [3.05, 3.63) is 29.6 Å². The molecule has 0 saturated carbocycles. The van der Waals surface area contributed by atoms with Crippen molar-refractivity contribution in [1.82, 2.24) is 15.6 Å². The lowest BCUT2D eigenvalue weighted by Crippen LogP contribution is -2.45. The number of nitrogens with zero attached hydrogens (tertiary/aromatic N) is 1. The monoisotopic (exact) mass is 307 g/mol. The third kappa shape index (κ3) is 5.30. The van der Waals surface area contributed by atoms with Crippen molar-refractivity contribution < 1.29 is 9.90 Å². The number of aryl methyl sites for hydroxylation is 1. The molecule has 0 fully saturated rings. The van der Waals surface area contributed by atoms with Gasteiger partial charge in [0, 0.05) is 12.7 Å². The Morgan fingerprint density at radius 3 is 2.50 bits per heavy atom. The summed E-state index contributed by atoms with van der Waals surface area (Å²) in [6.45, 7) is 12.1. The van der Waals surface area contributed by atoms with Gasteiger partial charge >= 0.3 is 6.03 Å². The number of carbonyl (C=O) groups is 1. The van der Waals surface area contributed by atoms with Crippen LogP contribution in [0.2, 0.25) is 0 Å². The van der Waals surface area contributed by atoms with Gasteiger partial charge in [0.05, 0.1) is 17.8 Å². The first-order valence-electron chi connectivity index (χ1n) is 7.77. The maximum atomic E-state index is 12.1. The maximum absolute atomic E-state index is 12.1. The number of nitrogens with one attached hydrogen (secondary N) is 2. The molecule has 5 heteroatoms. The van der Waals surface area contributed by atoms with E-state index in [-0.39, 0.29) is 30.0 Å². The summed E-state index contributed by atoms with van der Waals surface area (Å²) >= 11 is 0. The normalized spacial score (nSPS) is 14.5. The lowest BCUT2D eigenvalue weighted by Gasteiger charge is -2.27. The van der Waals surface area contributed by atoms with Gasteiger partial charge < -0.3 is 15.7 Å². The van der Waals surface area contributed by atoms with Crippen molar-refractivity contribution in [3.8, 4) is 0 Å².